The number of nitrogens with one attached hydrogen (secondary N) is 1. The molecule has 0 atom stereocenters. The van der Waals surface area contributed by atoms with Crippen molar-refractivity contribution in [2.75, 3.05) is 37.2 Å². The zero-order valence-corrected chi connectivity index (χ0v) is 19.1. The van der Waals surface area contributed by atoms with Crippen LogP contribution in [0.15, 0.2) is 91.0 Å². The van der Waals surface area contributed by atoms with Gasteiger partial charge in [-0.1, -0.05) is 78.9 Å². The molecule has 0 bridgehead atoms. The first-order chi connectivity index (χ1) is 16.7. The lowest BCUT2D eigenvalue weighted by Crippen LogP contribution is -2.47. The molecule has 4 aromatic rings. The van der Waals surface area contributed by atoms with Crippen molar-refractivity contribution < 1.29 is 0 Å². The number of nitrogen functional groups attached to an aromatic ring is 1. The molecule has 0 aliphatic carbocycles. The Morgan fingerprint density at radius 2 is 1.26 bits per heavy atom. The van der Waals surface area contributed by atoms with Gasteiger partial charge in [0.1, 0.15) is 5.82 Å². The van der Waals surface area contributed by atoms with E-state index in [1.807, 2.05) is 30.3 Å². The van der Waals surface area contributed by atoms with E-state index in [9.17, 15) is 0 Å². The second-order valence-corrected chi connectivity index (χ2v) is 8.46. The van der Waals surface area contributed by atoms with Crippen LogP contribution in [0.2, 0.25) is 0 Å². The van der Waals surface area contributed by atoms with Crippen LogP contribution in [0.3, 0.4) is 0 Å². The van der Waals surface area contributed by atoms with Gasteiger partial charge < -0.3 is 11.1 Å². The fourth-order valence-corrected chi connectivity index (χ4v) is 4.48. The summed E-state index contributed by atoms with van der Waals surface area (Å²) in [4.78, 5) is 18.2. The minimum Gasteiger partial charge on any atom is -0.368 e. The molecular formula is C27H29N7. The van der Waals surface area contributed by atoms with Crippen molar-refractivity contribution >= 4 is 17.6 Å². The lowest BCUT2D eigenvalue weighted by Gasteiger charge is -2.39. The number of piperazine rings is 1. The lowest BCUT2D eigenvalue weighted by atomic mass is 9.96. The quantitative estimate of drug-likeness (QED) is 0.438. The van der Waals surface area contributed by atoms with Gasteiger partial charge in [-0.25, -0.2) is 0 Å². The zero-order chi connectivity index (χ0) is 23.2. The molecule has 34 heavy (non-hydrogen) atoms. The number of anilines is 3. The monoisotopic (exact) mass is 451 g/mol. The second-order valence-electron chi connectivity index (χ2n) is 8.46. The van der Waals surface area contributed by atoms with Crippen LogP contribution >= 0.6 is 0 Å². The third-order valence-corrected chi connectivity index (χ3v) is 6.10. The highest BCUT2D eigenvalue weighted by Gasteiger charge is 2.26. The van der Waals surface area contributed by atoms with Gasteiger partial charge in [-0.3, -0.25) is 9.80 Å². The second kappa shape index (κ2) is 10.4. The average molecular weight is 452 g/mol. The van der Waals surface area contributed by atoms with Crippen LogP contribution in [0.5, 0.6) is 0 Å². The lowest BCUT2D eigenvalue weighted by molar-refractivity contribution is 0.103. The Balaban J connectivity index is 1.26. The predicted molar refractivity (Wildman–Crippen MR) is 136 cm³/mol. The van der Waals surface area contributed by atoms with Gasteiger partial charge in [0.2, 0.25) is 11.9 Å². The first-order valence-electron chi connectivity index (χ1n) is 11.6. The Bertz CT molecular complexity index is 1140. The minimum absolute atomic E-state index is 0.232. The number of nitrogens with two attached hydrogens (primary N) is 1. The van der Waals surface area contributed by atoms with Crippen molar-refractivity contribution in [2.45, 2.75) is 12.6 Å². The molecule has 7 heteroatoms. The van der Waals surface area contributed by atoms with Gasteiger partial charge in [0.15, 0.2) is 0 Å². The summed E-state index contributed by atoms with van der Waals surface area (Å²) in [6.07, 6.45) is 0. The topological polar surface area (TPSA) is 83.2 Å². The van der Waals surface area contributed by atoms with E-state index in [1.165, 1.54) is 11.1 Å². The van der Waals surface area contributed by atoms with E-state index in [2.05, 4.69) is 90.7 Å². The smallest absolute Gasteiger partial charge is 0.232 e. The number of rotatable bonds is 7. The molecule has 1 aromatic heterocycles. The van der Waals surface area contributed by atoms with Crippen molar-refractivity contribution in [1.29, 1.82) is 0 Å². The van der Waals surface area contributed by atoms with Crippen molar-refractivity contribution in [3.05, 3.63) is 108 Å². The molecule has 3 N–H and O–H groups in total. The van der Waals surface area contributed by atoms with E-state index in [1.54, 1.807) is 0 Å². The highest BCUT2D eigenvalue weighted by molar-refractivity contribution is 5.53. The first kappa shape index (κ1) is 22.0. The van der Waals surface area contributed by atoms with Crippen molar-refractivity contribution in [3.8, 4) is 0 Å². The Labute approximate surface area is 200 Å². The van der Waals surface area contributed by atoms with Crippen molar-refractivity contribution in [3.63, 3.8) is 0 Å². The van der Waals surface area contributed by atoms with Crippen LogP contribution in [0.4, 0.5) is 17.6 Å². The summed E-state index contributed by atoms with van der Waals surface area (Å²) in [6, 6.07) is 31.6. The highest BCUT2D eigenvalue weighted by Crippen LogP contribution is 2.29. The Morgan fingerprint density at radius 3 is 1.85 bits per heavy atom. The van der Waals surface area contributed by atoms with E-state index >= 15 is 0 Å². The van der Waals surface area contributed by atoms with Gasteiger partial charge in [-0.15, -0.1) is 0 Å². The molecule has 0 saturated carbocycles. The molecule has 1 aliphatic heterocycles. The van der Waals surface area contributed by atoms with E-state index < -0.39 is 0 Å². The fraction of sp³-hybridized carbons (Fsp3) is 0.222. The molecule has 172 valence electrons. The number of benzene rings is 3. The van der Waals surface area contributed by atoms with Gasteiger partial charge in [0.05, 0.1) is 12.6 Å². The molecule has 5 rings (SSSR count). The molecule has 1 aliphatic rings. The van der Waals surface area contributed by atoms with Crippen LogP contribution in [0.25, 0.3) is 0 Å². The molecule has 1 saturated heterocycles. The van der Waals surface area contributed by atoms with E-state index in [0.29, 0.717) is 18.3 Å². The van der Waals surface area contributed by atoms with Crippen LogP contribution in [-0.4, -0.2) is 50.9 Å². The van der Waals surface area contributed by atoms with E-state index in [-0.39, 0.29) is 12.0 Å². The Hall–Kier alpha value is -3.81. The maximum absolute atomic E-state index is 5.98. The maximum Gasteiger partial charge on any atom is 0.232 e. The molecule has 7 nitrogen and oxygen atoms in total. The van der Waals surface area contributed by atoms with Crippen LogP contribution in [0.1, 0.15) is 23.0 Å². The third kappa shape index (κ3) is 5.39. The summed E-state index contributed by atoms with van der Waals surface area (Å²) in [7, 11) is 0. The Morgan fingerprint density at radius 1 is 0.706 bits per heavy atom. The van der Waals surface area contributed by atoms with Crippen LogP contribution < -0.4 is 11.1 Å². The van der Waals surface area contributed by atoms with Gasteiger partial charge in [-0.05, 0) is 23.3 Å². The third-order valence-electron chi connectivity index (χ3n) is 6.10. The largest absolute Gasteiger partial charge is 0.368 e. The Kier molecular flexibility index (Phi) is 6.74. The number of hydrogen-bond acceptors (Lipinski definition) is 7. The maximum atomic E-state index is 5.98. The van der Waals surface area contributed by atoms with Gasteiger partial charge in [-0.2, -0.15) is 15.0 Å². The minimum atomic E-state index is 0.232. The SMILES string of the molecule is Nc1nc(CN2CCN(C(c3ccccc3)c3ccccc3)CC2)nc(Nc2ccccc2)n1. The number of nitrogens with zero attached hydrogens (tertiary/aromatic N) is 5. The standard InChI is InChI=1S/C27H29N7/c28-26-30-24(31-27(32-26)29-23-14-8-3-9-15-23)20-33-16-18-34(19-17-33)25(21-10-4-1-5-11-21)22-12-6-2-7-13-22/h1-15,25H,16-20H2,(H3,28,29,30,31,32). The average Bonchev–Trinajstić information content (AvgIpc) is 2.87. The van der Waals surface area contributed by atoms with Gasteiger partial charge in [0, 0.05) is 31.9 Å². The van der Waals surface area contributed by atoms with Crippen LogP contribution in [0, 0.1) is 0 Å². The fourth-order valence-electron chi connectivity index (χ4n) is 4.48. The summed E-state index contributed by atoms with van der Waals surface area (Å²) in [6.45, 7) is 4.44. The molecule has 1 fully saturated rings. The van der Waals surface area contributed by atoms with Crippen molar-refractivity contribution in [1.82, 2.24) is 24.8 Å². The van der Waals surface area contributed by atoms with E-state index in [0.717, 1.165) is 31.9 Å². The number of para-hydroxylation sites is 1. The molecule has 0 unspecified atom stereocenters. The molecule has 0 spiro atoms. The molecular weight excluding hydrogens is 422 g/mol. The number of hydrogen-bond donors (Lipinski definition) is 2. The zero-order valence-electron chi connectivity index (χ0n) is 19.1. The summed E-state index contributed by atoms with van der Waals surface area (Å²) >= 11 is 0. The molecule has 0 radical (unpaired) electrons. The normalized spacial score (nSPS) is 14.9. The van der Waals surface area contributed by atoms with E-state index in [4.69, 9.17) is 5.73 Å². The molecule has 0 amide bonds. The summed E-state index contributed by atoms with van der Waals surface area (Å²) in [5.74, 6) is 1.39. The molecule has 3 aromatic carbocycles. The first-order valence-corrected chi connectivity index (χ1v) is 11.6. The highest BCUT2D eigenvalue weighted by atomic mass is 15.3. The number of aromatic nitrogens is 3. The summed E-state index contributed by atoms with van der Waals surface area (Å²) in [5.41, 5.74) is 9.54. The molecule has 2 heterocycles. The van der Waals surface area contributed by atoms with Gasteiger partial charge in [0.25, 0.3) is 0 Å². The summed E-state index contributed by atoms with van der Waals surface area (Å²) in [5, 5.41) is 3.21. The van der Waals surface area contributed by atoms with Gasteiger partial charge >= 0.3 is 0 Å². The van der Waals surface area contributed by atoms with Crippen LogP contribution in [-0.2, 0) is 6.54 Å². The predicted octanol–water partition coefficient (Wildman–Crippen LogP) is 4.10. The van der Waals surface area contributed by atoms with Crippen molar-refractivity contribution in [2.24, 2.45) is 0 Å². The summed E-state index contributed by atoms with van der Waals surface area (Å²) < 4.78 is 0.